The van der Waals surface area contributed by atoms with Gasteiger partial charge in [0.2, 0.25) is 0 Å². The fourth-order valence-corrected chi connectivity index (χ4v) is 2.51. The first-order chi connectivity index (χ1) is 12.2. The Bertz CT molecular complexity index is 835. The maximum absolute atomic E-state index is 12.9. The molecule has 0 aliphatic rings. The van der Waals surface area contributed by atoms with E-state index in [2.05, 4.69) is 16.0 Å². The zero-order valence-electron chi connectivity index (χ0n) is 13.5. The molecule has 0 saturated heterocycles. The van der Waals surface area contributed by atoms with Crippen LogP contribution in [0.1, 0.15) is 5.56 Å². The highest BCUT2D eigenvalue weighted by atomic mass is 32.1. The minimum absolute atomic E-state index is 0.243. The quantitative estimate of drug-likeness (QED) is 0.562. The molecule has 0 heterocycles. The smallest absolute Gasteiger partial charge is 0.171 e. The van der Waals surface area contributed by atoms with Crippen molar-refractivity contribution in [3.63, 3.8) is 0 Å². The van der Waals surface area contributed by atoms with Gasteiger partial charge in [0.05, 0.1) is 0 Å². The van der Waals surface area contributed by atoms with Crippen LogP contribution in [0.5, 0.6) is 0 Å². The number of rotatable bonds is 5. The highest BCUT2D eigenvalue weighted by Crippen LogP contribution is 2.19. The Labute approximate surface area is 151 Å². The predicted octanol–water partition coefficient (Wildman–Crippen LogP) is 5.06. The van der Waals surface area contributed by atoms with Crippen LogP contribution in [0, 0.1) is 5.82 Å². The van der Waals surface area contributed by atoms with Crippen LogP contribution in [0.3, 0.4) is 0 Å². The fourth-order valence-electron chi connectivity index (χ4n) is 2.32. The van der Waals surface area contributed by atoms with E-state index in [1.807, 2.05) is 54.6 Å². The minimum Gasteiger partial charge on any atom is -0.358 e. The van der Waals surface area contributed by atoms with Gasteiger partial charge in [0.25, 0.3) is 0 Å². The number of hydrogen-bond donors (Lipinski definition) is 3. The highest BCUT2D eigenvalue weighted by Gasteiger charge is 2.01. The second-order valence-electron chi connectivity index (χ2n) is 5.51. The molecule has 126 valence electrons. The van der Waals surface area contributed by atoms with Gasteiger partial charge in [-0.25, -0.2) is 4.39 Å². The molecule has 0 amide bonds. The minimum atomic E-state index is -0.243. The SMILES string of the molecule is Fc1ccc(CNC(=S)Nc2cccc(Nc3ccccc3)c2)cc1. The topological polar surface area (TPSA) is 36.1 Å². The largest absolute Gasteiger partial charge is 0.358 e. The maximum Gasteiger partial charge on any atom is 0.171 e. The van der Waals surface area contributed by atoms with E-state index in [4.69, 9.17) is 12.2 Å². The first-order valence-corrected chi connectivity index (χ1v) is 8.31. The molecular weight excluding hydrogens is 333 g/mol. The van der Waals surface area contributed by atoms with Gasteiger partial charge in [-0.05, 0) is 60.2 Å². The van der Waals surface area contributed by atoms with Crippen LogP contribution in [0.4, 0.5) is 21.5 Å². The third-order valence-electron chi connectivity index (χ3n) is 3.55. The van der Waals surface area contributed by atoms with Gasteiger partial charge in [-0.15, -0.1) is 0 Å². The van der Waals surface area contributed by atoms with E-state index in [1.165, 1.54) is 12.1 Å². The molecule has 3 N–H and O–H groups in total. The average molecular weight is 351 g/mol. The first kappa shape index (κ1) is 16.9. The molecule has 0 aromatic heterocycles. The van der Waals surface area contributed by atoms with Crippen molar-refractivity contribution in [1.29, 1.82) is 0 Å². The van der Waals surface area contributed by atoms with E-state index >= 15 is 0 Å². The third-order valence-corrected chi connectivity index (χ3v) is 3.80. The van der Waals surface area contributed by atoms with Gasteiger partial charge >= 0.3 is 0 Å². The molecule has 0 atom stereocenters. The summed E-state index contributed by atoms with van der Waals surface area (Å²) in [4.78, 5) is 0. The Balaban J connectivity index is 1.56. The van der Waals surface area contributed by atoms with Gasteiger partial charge in [0.15, 0.2) is 5.11 Å². The summed E-state index contributed by atoms with van der Waals surface area (Å²) >= 11 is 5.32. The Morgan fingerprint density at radius 3 is 2.24 bits per heavy atom. The lowest BCUT2D eigenvalue weighted by Crippen LogP contribution is -2.27. The lowest BCUT2D eigenvalue weighted by molar-refractivity contribution is 0.627. The summed E-state index contributed by atoms with van der Waals surface area (Å²) in [7, 11) is 0. The van der Waals surface area contributed by atoms with Crippen LogP contribution < -0.4 is 16.0 Å². The standard InChI is InChI=1S/C20H18FN3S/c21-16-11-9-15(10-12-16)14-22-20(25)24-19-8-4-7-18(13-19)23-17-5-2-1-3-6-17/h1-13,23H,14H2,(H2,22,24,25). The number of hydrogen-bond acceptors (Lipinski definition) is 2. The Hall–Kier alpha value is -2.92. The molecule has 3 aromatic rings. The molecular formula is C20H18FN3S. The Morgan fingerprint density at radius 1 is 0.800 bits per heavy atom. The molecule has 3 aromatic carbocycles. The number of benzene rings is 3. The van der Waals surface area contributed by atoms with Gasteiger partial charge in [0, 0.05) is 23.6 Å². The molecule has 0 aliphatic carbocycles. The van der Waals surface area contributed by atoms with Crippen molar-refractivity contribution in [2.24, 2.45) is 0 Å². The zero-order valence-corrected chi connectivity index (χ0v) is 14.3. The van der Waals surface area contributed by atoms with Gasteiger partial charge in [-0.2, -0.15) is 0 Å². The molecule has 0 unspecified atom stereocenters. The summed E-state index contributed by atoms with van der Waals surface area (Å²) in [6.07, 6.45) is 0. The summed E-state index contributed by atoms with van der Waals surface area (Å²) in [5.41, 5.74) is 3.84. The summed E-state index contributed by atoms with van der Waals surface area (Å²) in [5, 5.41) is 10.1. The molecule has 3 nitrogen and oxygen atoms in total. The summed E-state index contributed by atoms with van der Waals surface area (Å²) in [6.45, 7) is 0.536. The molecule has 3 rings (SSSR count). The second kappa shape index (κ2) is 8.26. The van der Waals surface area contributed by atoms with Crippen molar-refractivity contribution in [2.45, 2.75) is 6.54 Å². The van der Waals surface area contributed by atoms with Gasteiger partial charge in [0.1, 0.15) is 5.82 Å². The maximum atomic E-state index is 12.9. The van der Waals surface area contributed by atoms with E-state index in [0.29, 0.717) is 11.7 Å². The van der Waals surface area contributed by atoms with Crippen molar-refractivity contribution in [1.82, 2.24) is 5.32 Å². The predicted molar refractivity (Wildman–Crippen MR) is 106 cm³/mol. The Kier molecular flexibility index (Phi) is 5.59. The number of thiocarbonyl (C=S) groups is 1. The molecule has 5 heteroatoms. The van der Waals surface area contributed by atoms with E-state index in [0.717, 1.165) is 22.6 Å². The molecule has 0 bridgehead atoms. The van der Waals surface area contributed by atoms with Gasteiger partial charge in [-0.1, -0.05) is 36.4 Å². The van der Waals surface area contributed by atoms with E-state index in [1.54, 1.807) is 12.1 Å². The van der Waals surface area contributed by atoms with Crippen molar-refractivity contribution in [2.75, 3.05) is 10.6 Å². The molecule has 25 heavy (non-hydrogen) atoms. The van der Waals surface area contributed by atoms with E-state index < -0.39 is 0 Å². The molecule has 0 saturated carbocycles. The number of halogens is 1. The van der Waals surface area contributed by atoms with Crippen molar-refractivity contribution < 1.29 is 4.39 Å². The van der Waals surface area contributed by atoms with Crippen molar-refractivity contribution in [3.8, 4) is 0 Å². The van der Waals surface area contributed by atoms with Crippen LogP contribution in [0.25, 0.3) is 0 Å². The van der Waals surface area contributed by atoms with E-state index in [-0.39, 0.29) is 5.82 Å². The van der Waals surface area contributed by atoms with Crippen LogP contribution in [0.2, 0.25) is 0 Å². The van der Waals surface area contributed by atoms with Crippen LogP contribution in [-0.2, 0) is 6.54 Å². The monoisotopic (exact) mass is 351 g/mol. The fraction of sp³-hybridized carbons (Fsp3) is 0.0500. The number of nitrogens with one attached hydrogen (secondary N) is 3. The second-order valence-corrected chi connectivity index (χ2v) is 5.91. The van der Waals surface area contributed by atoms with Crippen LogP contribution in [0.15, 0.2) is 78.9 Å². The lowest BCUT2D eigenvalue weighted by atomic mass is 10.2. The van der Waals surface area contributed by atoms with Crippen LogP contribution in [-0.4, -0.2) is 5.11 Å². The average Bonchev–Trinajstić information content (AvgIpc) is 2.62. The Morgan fingerprint density at radius 2 is 1.48 bits per heavy atom. The van der Waals surface area contributed by atoms with E-state index in [9.17, 15) is 4.39 Å². The molecule has 0 spiro atoms. The molecule has 0 fully saturated rings. The first-order valence-electron chi connectivity index (χ1n) is 7.90. The summed E-state index contributed by atoms with van der Waals surface area (Å²) < 4.78 is 12.9. The normalized spacial score (nSPS) is 10.1. The van der Waals surface area contributed by atoms with Gasteiger partial charge < -0.3 is 16.0 Å². The van der Waals surface area contributed by atoms with Crippen molar-refractivity contribution in [3.05, 3.63) is 90.2 Å². The summed E-state index contributed by atoms with van der Waals surface area (Å²) in [6, 6.07) is 24.2. The molecule has 0 radical (unpaired) electrons. The zero-order chi connectivity index (χ0) is 17.5. The number of para-hydroxylation sites is 1. The summed E-state index contributed by atoms with van der Waals surface area (Å²) in [5.74, 6) is -0.243. The lowest BCUT2D eigenvalue weighted by Gasteiger charge is -2.12. The molecule has 0 aliphatic heterocycles. The van der Waals surface area contributed by atoms with Gasteiger partial charge in [-0.3, -0.25) is 0 Å². The number of anilines is 3. The highest BCUT2D eigenvalue weighted by molar-refractivity contribution is 7.80. The van der Waals surface area contributed by atoms with Crippen molar-refractivity contribution >= 4 is 34.4 Å². The van der Waals surface area contributed by atoms with Crippen LogP contribution >= 0.6 is 12.2 Å². The third kappa shape index (κ3) is 5.29.